The second kappa shape index (κ2) is 9.23. The SMILES string of the molecule is Cc1ccc(Nc2c(C(=O)N3CC(O)(CNC(C)(C)CC(C)(C)C)C3)ccc(F)c2F)c(F)c1. The van der Waals surface area contributed by atoms with Gasteiger partial charge in [-0.15, -0.1) is 0 Å². The molecule has 1 heterocycles. The molecule has 2 aromatic rings. The minimum absolute atomic E-state index is 0.0434. The van der Waals surface area contributed by atoms with Gasteiger partial charge in [0.25, 0.3) is 5.91 Å². The van der Waals surface area contributed by atoms with Gasteiger partial charge in [-0.1, -0.05) is 26.8 Å². The molecule has 0 aromatic heterocycles. The number of β-amino-alcohol motifs (C(OH)–C–C–N with tert-alkyl or cyclic N) is 1. The number of benzene rings is 2. The number of rotatable bonds is 7. The summed E-state index contributed by atoms with van der Waals surface area (Å²) in [6.07, 6.45) is 0.887. The zero-order chi connectivity index (χ0) is 25.5. The predicted molar refractivity (Wildman–Crippen MR) is 128 cm³/mol. The summed E-state index contributed by atoms with van der Waals surface area (Å²) >= 11 is 0. The van der Waals surface area contributed by atoms with Crippen molar-refractivity contribution in [3.63, 3.8) is 0 Å². The maximum absolute atomic E-state index is 14.7. The normalized spacial score (nSPS) is 15.8. The van der Waals surface area contributed by atoms with Gasteiger partial charge < -0.3 is 20.6 Å². The van der Waals surface area contributed by atoms with Crippen LogP contribution in [0.3, 0.4) is 0 Å². The van der Waals surface area contributed by atoms with E-state index in [1.807, 2.05) is 0 Å². The average molecular weight is 478 g/mol. The Morgan fingerprint density at radius 1 is 1.06 bits per heavy atom. The Hall–Kier alpha value is -2.58. The van der Waals surface area contributed by atoms with Crippen molar-refractivity contribution in [2.75, 3.05) is 25.0 Å². The number of carbonyl (C=O) groups excluding carboxylic acids is 1. The van der Waals surface area contributed by atoms with Crippen molar-refractivity contribution in [2.24, 2.45) is 5.41 Å². The first-order valence-electron chi connectivity index (χ1n) is 11.4. The van der Waals surface area contributed by atoms with E-state index in [9.17, 15) is 23.1 Å². The molecular formula is C26H34F3N3O2. The van der Waals surface area contributed by atoms with Crippen LogP contribution in [0, 0.1) is 29.8 Å². The minimum Gasteiger partial charge on any atom is -0.385 e. The van der Waals surface area contributed by atoms with Crippen molar-refractivity contribution in [1.29, 1.82) is 0 Å². The monoisotopic (exact) mass is 477 g/mol. The number of likely N-dealkylation sites (tertiary alicyclic amines) is 1. The Morgan fingerprint density at radius 3 is 2.29 bits per heavy atom. The van der Waals surface area contributed by atoms with E-state index in [2.05, 4.69) is 45.3 Å². The molecule has 5 nitrogen and oxygen atoms in total. The number of hydrogen-bond acceptors (Lipinski definition) is 4. The molecule has 1 aliphatic rings. The van der Waals surface area contributed by atoms with Gasteiger partial charge in [0.05, 0.1) is 30.0 Å². The molecule has 0 radical (unpaired) electrons. The zero-order valence-corrected chi connectivity index (χ0v) is 20.7. The van der Waals surface area contributed by atoms with E-state index in [4.69, 9.17) is 0 Å². The van der Waals surface area contributed by atoms with Crippen LogP contribution in [0.25, 0.3) is 0 Å². The maximum atomic E-state index is 14.7. The number of nitrogens with one attached hydrogen (secondary N) is 2. The number of aryl methyl sites for hydroxylation is 1. The Kier molecular flexibility index (Phi) is 7.06. The molecule has 2 aromatic carbocycles. The first kappa shape index (κ1) is 26.0. The first-order valence-corrected chi connectivity index (χ1v) is 11.4. The van der Waals surface area contributed by atoms with Crippen molar-refractivity contribution in [3.8, 4) is 0 Å². The van der Waals surface area contributed by atoms with Crippen LogP contribution in [0.15, 0.2) is 30.3 Å². The highest BCUT2D eigenvalue weighted by Gasteiger charge is 2.45. The van der Waals surface area contributed by atoms with Crippen LogP contribution < -0.4 is 10.6 Å². The highest BCUT2D eigenvalue weighted by molar-refractivity contribution is 6.01. The fourth-order valence-electron chi connectivity index (χ4n) is 4.59. The number of aliphatic hydroxyl groups is 1. The second-order valence-corrected chi connectivity index (χ2v) is 11.3. The van der Waals surface area contributed by atoms with Gasteiger partial charge in [-0.25, -0.2) is 13.2 Å². The molecular weight excluding hydrogens is 443 g/mol. The van der Waals surface area contributed by atoms with Crippen LogP contribution in [0.5, 0.6) is 0 Å². The van der Waals surface area contributed by atoms with Gasteiger partial charge in [0.1, 0.15) is 11.4 Å². The smallest absolute Gasteiger partial charge is 0.256 e. The van der Waals surface area contributed by atoms with Crippen molar-refractivity contribution < 1.29 is 23.1 Å². The highest BCUT2D eigenvalue weighted by Crippen LogP contribution is 2.32. The van der Waals surface area contributed by atoms with Gasteiger partial charge >= 0.3 is 0 Å². The largest absolute Gasteiger partial charge is 0.385 e. The first-order chi connectivity index (χ1) is 15.6. The van der Waals surface area contributed by atoms with Gasteiger partial charge in [-0.2, -0.15) is 0 Å². The van der Waals surface area contributed by atoms with Gasteiger partial charge in [-0.3, -0.25) is 4.79 Å². The second-order valence-electron chi connectivity index (χ2n) is 11.3. The molecule has 0 unspecified atom stereocenters. The summed E-state index contributed by atoms with van der Waals surface area (Å²) in [5.41, 5.74) is -1.22. The third-order valence-corrected chi connectivity index (χ3v) is 5.84. The number of nitrogens with zero attached hydrogens (tertiary/aromatic N) is 1. The quantitative estimate of drug-likeness (QED) is 0.516. The van der Waals surface area contributed by atoms with Crippen LogP contribution in [-0.2, 0) is 0 Å². The van der Waals surface area contributed by atoms with Gasteiger partial charge in [0.2, 0.25) is 0 Å². The summed E-state index contributed by atoms with van der Waals surface area (Å²) in [6.45, 7) is 12.6. The molecule has 186 valence electrons. The number of hydrogen-bond donors (Lipinski definition) is 3. The molecule has 1 fully saturated rings. The van der Waals surface area contributed by atoms with E-state index in [0.717, 1.165) is 18.6 Å². The highest BCUT2D eigenvalue weighted by atomic mass is 19.2. The molecule has 3 N–H and O–H groups in total. The van der Waals surface area contributed by atoms with Gasteiger partial charge in [-0.05, 0) is 62.4 Å². The fourth-order valence-corrected chi connectivity index (χ4v) is 4.59. The summed E-state index contributed by atoms with van der Waals surface area (Å²) in [4.78, 5) is 14.5. The number of anilines is 2. The van der Waals surface area contributed by atoms with Crippen LogP contribution >= 0.6 is 0 Å². The maximum Gasteiger partial charge on any atom is 0.256 e. The van der Waals surface area contributed by atoms with Gasteiger partial charge in [0, 0.05) is 12.1 Å². The molecule has 8 heteroatoms. The average Bonchev–Trinajstić information content (AvgIpc) is 2.67. The van der Waals surface area contributed by atoms with Gasteiger partial charge in [0.15, 0.2) is 11.6 Å². The molecule has 0 atom stereocenters. The van der Waals surface area contributed by atoms with E-state index < -0.39 is 34.6 Å². The summed E-state index contributed by atoms with van der Waals surface area (Å²) in [7, 11) is 0. The third-order valence-electron chi connectivity index (χ3n) is 5.84. The molecule has 1 amide bonds. The van der Waals surface area contributed by atoms with E-state index >= 15 is 0 Å². The van der Waals surface area contributed by atoms with Crippen molar-refractivity contribution in [2.45, 2.75) is 59.1 Å². The molecule has 1 aliphatic heterocycles. The van der Waals surface area contributed by atoms with E-state index in [1.54, 1.807) is 13.0 Å². The Balaban J connectivity index is 1.73. The molecule has 3 rings (SSSR count). The lowest BCUT2D eigenvalue weighted by atomic mass is 9.81. The van der Waals surface area contributed by atoms with Crippen molar-refractivity contribution >= 4 is 17.3 Å². The van der Waals surface area contributed by atoms with Crippen LogP contribution in [0.2, 0.25) is 0 Å². The minimum atomic E-state index is -1.27. The molecule has 0 aliphatic carbocycles. The summed E-state index contributed by atoms with van der Waals surface area (Å²) in [5.74, 6) is -3.65. The van der Waals surface area contributed by atoms with Crippen molar-refractivity contribution in [1.82, 2.24) is 10.2 Å². The standard InChI is InChI=1S/C26H34F3N3O2/c1-16-7-10-20(19(28)11-16)31-22-17(8-9-18(27)21(22)29)23(33)32-14-26(34,15-32)13-30-25(5,6)12-24(2,3)4/h7-11,30-31,34H,12-15H2,1-6H3. The van der Waals surface area contributed by atoms with Crippen LogP contribution in [0.4, 0.5) is 24.5 Å². The lowest BCUT2D eigenvalue weighted by Gasteiger charge is -2.48. The summed E-state index contributed by atoms with van der Waals surface area (Å²) in [5, 5.41) is 16.8. The zero-order valence-electron chi connectivity index (χ0n) is 20.7. The number of carbonyl (C=O) groups is 1. The molecule has 0 spiro atoms. The van der Waals surface area contributed by atoms with E-state index in [1.165, 1.54) is 17.0 Å². The van der Waals surface area contributed by atoms with Crippen LogP contribution in [-0.4, -0.2) is 46.7 Å². The number of amides is 1. The lowest BCUT2D eigenvalue weighted by molar-refractivity contribution is -0.0822. The summed E-state index contributed by atoms with van der Waals surface area (Å²) < 4.78 is 42.9. The Labute approximate surface area is 199 Å². The Morgan fingerprint density at radius 2 is 1.71 bits per heavy atom. The lowest BCUT2D eigenvalue weighted by Crippen LogP contribution is -2.68. The number of halogens is 3. The topological polar surface area (TPSA) is 64.6 Å². The predicted octanol–water partition coefficient (Wildman–Crippen LogP) is 5.15. The van der Waals surface area contributed by atoms with E-state index in [-0.39, 0.29) is 41.8 Å². The Bertz CT molecular complexity index is 1070. The third kappa shape index (κ3) is 6.10. The molecule has 34 heavy (non-hydrogen) atoms. The van der Waals surface area contributed by atoms with Crippen LogP contribution in [0.1, 0.15) is 57.0 Å². The summed E-state index contributed by atoms with van der Waals surface area (Å²) in [6, 6.07) is 6.30. The fraction of sp³-hybridized carbons (Fsp3) is 0.500. The molecule has 0 bridgehead atoms. The van der Waals surface area contributed by atoms with E-state index in [0.29, 0.717) is 5.56 Å². The van der Waals surface area contributed by atoms with Crippen molar-refractivity contribution in [3.05, 3.63) is 58.9 Å². The molecule has 0 saturated carbocycles. The molecule has 1 saturated heterocycles.